The normalized spacial score (nSPS) is 20.0. The molecule has 34 heavy (non-hydrogen) atoms. The Hall–Kier alpha value is -2.81. The number of methoxy groups -OCH3 is 1. The highest BCUT2D eigenvalue weighted by molar-refractivity contribution is 8.00. The van der Waals surface area contributed by atoms with E-state index in [1.807, 2.05) is 24.7 Å². The van der Waals surface area contributed by atoms with Crippen molar-refractivity contribution in [3.05, 3.63) is 36.7 Å². The minimum absolute atomic E-state index is 0.0105. The van der Waals surface area contributed by atoms with Gasteiger partial charge in [0.2, 0.25) is 11.8 Å². The zero-order chi connectivity index (χ0) is 24.2. The van der Waals surface area contributed by atoms with Crippen LogP contribution in [0.3, 0.4) is 0 Å². The second-order valence-electron chi connectivity index (χ2n) is 8.86. The van der Waals surface area contributed by atoms with Crippen molar-refractivity contribution in [1.29, 1.82) is 0 Å². The van der Waals surface area contributed by atoms with Gasteiger partial charge in [0.05, 0.1) is 24.5 Å². The Morgan fingerprint density at radius 3 is 2.50 bits per heavy atom. The number of carbonyl (C=O) groups excluding carboxylic acids is 3. The quantitative estimate of drug-likeness (QED) is 0.419. The van der Waals surface area contributed by atoms with Crippen LogP contribution in [0.5, 0.6) is 5.75 Å². The van der Waals surface area contributed by atoms with Gasteiger partial charge in [0.15, 0.2) is 5.16 Å². The maximum Gasteiger partial charge on any atom is 0.257 e. The van der Waals surface area contributed by atoms with Gasteiger partial charge in [0.25, 0.3) is 5.91 Å². The van der Waals surface area contributed by atoms with Crippen LogP contribution >= 0.6 is 11.8 Å². The second-order valence-corrected chi connectivity index (χ2v) is 10.0. The molecule has 1 saturated heterocycles. The Morgan fingerprint density at radius 2 is 1.91 bits per heavy atom. The first-order valence-corrected chi connectivity index (χ1v) is 12.8. The third-order valence-corrected chi connectivity index (χ3v) is 8.11. The highest BCUT2D eigenvalue weighted by Crippen LogP contribution is 2.34. The van der Waals surface area contributed by atoms with E-state index >= 15 is 0 Å². The first-order valence-electron chi connectivity index (χ1n) is 11.9. The number of ether oxygens (including phenoxy) is 1. The standard InChI is InChI=1S/C25H32N4O4S/c1-4-21(34-25-26-14-15-27(25)2)24(32)28(17-8-6-5-7-9-17)20-16-22(30)29(23(20)31)18-10-12-19(33-3)13-11-18/h10-15,17,20-21H,4-9,16H2,1-3H3. The molecule has 2 heterocycles. The van der Waals surface area contributed by atoms with E-state index < -0.39 is 6.04 Å². The molecule has 2 aliphatic rings. The van der Waals surface area contributed by atoms with Crippen LogP contribution in [0.1, 0.15) is 51.9 Å². The van der Waals surface area contributed by atoms with Crippen molar-refractivity contribution < 1.29 is 19.1 Å². The van der Waals surface area contributed by atoms with Crippen molar-refractivity contribution in [2.45, 2.75) is 74.4 Å². The molecule has 1 saturated carbocycles. The van der Waals surface area contributed by atoms with Crippen LogP contribution in [0.4, 0.5) is 5.69 Å². The summed E-state index contributed by atoms with van der Waals surface area (Å²) in [6, 6.07) is 6.05. The van der Waals surface area contributed by atoms with Crippen molar-refractivity contribution in [1.82, 2.24) is 14.5 Å². The van der Waals surface area contributed by atoms with Crippen molar-refractivity contribution in [2.24, 2.45) is 7.05 Å². The lowest BCUT2D eigenvalue weighted by molar-refractivity contribution is -0.141. The molecule has 1 aliphatic heterocycles. The molecule has 2 unspecified atom stereocenters. The van der Waals surface area contributed by atoms with E-state index in [1.165, 1.54) is 16.7 Å². The SMILES string of the molecule is CCC(Sc1nccn1C)C(=O)N(C1CCCCC1)C1CC(=O)N(c2ccc(OC)cc2)C1=O. The van der Waals surface area contributed by atoms with Gasteiger partial charge in [-0.05, 0) is 43.5 Å². The number of imide groups is 1. The molecule has 2 fully saturated rings. The molecule has 1 aliphatic carbocycles. The average Bonchev–Trinajstić information content (AvgIpc) is 3.39. The zero-order valence-corrected chi connectivity index (χ0v) is 20.8. The largest absolute Gasteiger partial charge is 0.497 e. The Bertz CT molecular complexity index is 1030. The van der Waals surface area contributed by atoms with Gasteiger partial charge in [0, 0.05) is 25.5 Å². The zero-order valence-electron chi connectivity index (χ0n) is 20.0. The molecule has 8 nitrogen and oxygen atoms in total. The summed E-state index contributed by atoms with van der Waals surface area (Å²) >= 11 is 1.42. The maximum atomic E-state index is 13.9. The topological polar surface area (TPSA) is 84.7 Å². The van der Waals surface area contributed by atoms with Crippen molar-refractivity contribution in [3.63, 3.8) is 0 Å². The van der Waals surface area contributed by atoms with Gasteiger partial charge in [0.1, 0.15) is 11.8 Å². The smallest absolute Gasteiger partial charge is 0.257 e. The number of aryl methyl sites for hydroxylation is 1. The fourth-order valence-corrected chi connectivity index (χ4v) is 5.84. The monoisotopic (exact) mass is 484 g/mol. The molecule has 1 aromatic carbocycles. The van der Waals surface area contributed by atoms with E-state index in [2.05, 4.69) is 4.98 Å². The summed E-state index contributed by atoms with van der Waals surface area (Å²) in [5.74, 6) is -0.0369. The lowest BCUT2D eigenvalue weighted by atomic mass is 9.92. The molecule has 0 N–H and O–H groups in total. The van der Waals surface area contributed by atoms with Gasteiger partial charge in [-0.25, -0.2) is 9.88 Å². The molecule has 2 atom stereocenters. The van der Waals surface area contributed by atoms with Crippen molar-refractivity contribution >= 4 is 35.2 Å². The number of hydrogen-bond acceptors (Lipinski definition) is 6. The van der Waals surface area contributed by atoms with E-state index in [1.54, 1.807) is 42.5 Å². The predicted molar refractivity (Wildman–Crippen MR) is 131 cm³/mol. The number of hydrogen-bond donors (Lipinski definition) is 0. The van der Waals surface area contributed by atoms with Crippen LogP contribution in [-0.2, 0) is 21.4 Å². The summed E-state index contributed by atoms with van der Waals surface area (Å²) in [7, 11) is 3.47. The van der Waals surface area contributed by atoms with E-state index in [4.69, 9.17) is 4.74 Å². The highest BCUT2D eigenvalue weighted by Gasteiger charge is 2.47. The predicted octanol–water partition coefficient (Wildman–Crippen LogP) is 3.79. The third-order valence-electron chi connectivity index (χ3n) is 6.68. The van der Waals surface area contributed by atoms with E-state index in [9.17, 15) is 14.4 Å². The van der Waals surface area contributed by atoms with Crippen LogP contribution in [-0.4, -0.2) is 56.6 Å². The van der Waals surface area contributed by atoms with Crippen LogP contribution in [0.15, 0.2) is 41.8 Å². The van der Waals surface area contributed by atoms with Gasteiger partial charge < -0.3 is 14.2 Å². The summed E-state index contributed by atoms with van der Waals surface area (Å²) < 4.78 is 7.09. The first-order chi connectivity index (χ1) is 16.4. The van der Waals surface area contributed by atoms with E-state index in [0.29, 0.717) is 17.9 Å². The molecular formula is C25H32N4O4S. The van der Waals surface area contributed by atoms with Crippen LogP contribution < -0.4 is 9.64 Å². The Morgan fingerprint density at radius 1 is 1.21 bits per heavy atom. The number of rotatable bonds is 8. The Kier molecular flexibility index (Phi) is 7.60. The molecule has 0 radical (unpaired) electrons. The lowest BCUT2D eigenvalue weighted by Crippen LogP contribution is -2.53. The number of anilines is 1. The van der Waals surface area contributed by atoms with E-state index in [-0.39, 0.29) is 35.4 Å². The van der Waals surface area contributed by atoms with Gasteiger partial charge in [-0.15, -0.1) is 0 Å². The number of benzene rings is 1. The van der Waals surface area contributed by atoms with Crippen molar-refractivity contribution in [3.8, 4) is 5.75 Å². The number of amides is 3. The summed E-state index contributed by atoms with van der Waals surface area (Å²) in [6.45, 7) is 1.98. The lowest BCUT2D eigenvalue weighted by Gasteiger charge is -2.39. The summed E-state index contributed by atoms with van der Waals surface area (Å²) in [5, 5.41) is 0.387. The van der Waals surface area contributed by atoms with Crippen LogP contribution in [0.25, 0.3) is 0 Å². The molecule has 0 spiro atoms. The molecule has 2 aromatic rings. The van der Waals surface area contributed by atoms with Gasteiger partial charge >= 0.3 is 0 Å². The molecule has 182 valence electrons. The summed E-state index contributed by atoms with van der Waals surface area (Å²) in [4.78, 5) is 47.9. The maximum absolute atomic E-state index is 13.9. The first kappa shape index (κ1) is 24.3. The molecule has 0 bridgehead atoms. The van der Waals surface area contributed by atoms with Gasteiger partial charge in [-0.2, -0.15) is 0 Å². The number of carbonyl (C=O) groups is 3. The fourth-order valence-electron chi connectivity index (χ4n) is 4.85. The van der Waals surface area contributed by atoms with E-state index in [0.717, 1.165) is 37.3 Å². The van der Waals surface area contributed by atoms with Gasteiger partial charge in [-0.1, -0.05) is 37.9 Å². The Labute approximate surface area is 204 Å². The average molecular weight is 485 g/mol. The molecular weight excluding hydrogens is 452 g/mol. The van der Waals surface area contributed by atoms with Crippen molar-refractivity contribution in [2.75, 3.05) is 12.0 Å². The summed E-state index contributed by atoms with van der Waals surface area (Å²) in [6.07, 6.45) is 9.07. The number of imidazole rings is 1. The minimum Gasteiger partial charge on any atom is -0.497 e. The van der Waals surface area contributed by atoms with Gasteiger partial charge in [-0.3, -0.25) is 14.4 Å². The minimum atomic E-state index is -0.777. The Balaban J connectivity index is 1.62. The molecule has 9 heteroatoms. The third kappa shape index (κ3) is 4.85. The molecule has 4 rings (SSSR count). The fraction of sp³-hybridized carbons (Fsp3) is 0.520. The number of nitrogens with zero attached hydrogens (tertiary/aromatic N) is 4. The second kappa shape index (κ2) is 10.6. The van der Waals surface area contributed by atoms with Crippen LogP contribution in [0.2, 0.25) is 0 Å². The number of aromatic nitrogens is 2. The molecule has 1 aromatic heterocycles. The highest BCUT2D eigenvalue weighted by atomic mass is 32.2. The summed E-state index contributed by atoms with van der Waals surface area (Å²) in [5.41, 5.74) is 0.503. The number of thioether (sulfide) groups is 1. The molecule has 3 amide bonds. The van der Waals surface area contributed by atoms with Crippen LogP contribution in [0, 0.1) is 0 Å².